The zero-order valence-corrected chi connectivity index (χ0v) is 20.4. The molecule has 34 heavy (non-hydrogen) atoms. The summed E-state index contributed by atoms with van der Waals surface area (Å²) in [5, 5.41) is 11.6. The van der Waals surface area contributed by atoms with Crippen LogP contribution in [-0.4, -0.2) is 35.6 Å². The average molecular weight is 499 g/mol. The first kappa shape index (κ1) is 23.8. The second kappa shape index (κ2) is 9.49. The van der Waals surface area contributed by atoms with Crippen molar-refractivity contribution in [1.82, 2.24) is 25.5 Å². The number of anilines is 1. The number of nitrogens with two attached hydrogens (primary N) is 1. The van der Waals surface area contributed by atoms with Crippen LogP contribution in [0, 0.1) is 0 Å². The molecule has 176 valence electrons. The maximum Gasteiger partial charge on any atom is 0.270 e. The van der Waals surface area contributed by atoms with Crippen molar-refractivity contribution >= 4 is 28.1 Å². The van der Waals surface area contributed by atoms with E-state index in [1.807, 2.05) is 31.3 Å². The number of halogens is 1. The van der Waals surface area contributed by atoms with Crippen molar-refractivity contribution in [3.63, 3.8) is 0 Å². The highest BCUT2D eigenvalue weighted by Gasteiger charge is 2.25. The van der Waals surface area contributed by atoms with Gasteiger partial charge in [-0.05, 0) is 50.2 Å². The maximum absolute atomic E-state index is 11.6. The summed E-state index contributed by atoms with van der Waals surface area (Å²) in [4.78, 5) is 8.76. The third kappa shape index (κ3) is 4.65. The lowest BCUT2D eigenvalue weighted by molar-refractivity contribution is 0.576. The van der Waals surface area contributed by atoms with Crippen LogP contribution in [0.4, 0.5) is 5.82 Å². The van der Waals surface area contributed by atoms with Gasteiger partial charge in [0.25, 0.3) is 5.89 Å². The lowest BCUT2D eigenvalue weighted by Crippen LogP contribution is -2.18. The van der Waals surface area contributed by atoms with E-state index < -0.39 is 15.5 Å². The van der Waals surface area contributed by atoms with E-state index in [9.17, 15) is 8.42 Å². The van der Waals surface area contributed by atoms with Crippen LogP contribution in [0.1, 0.15) is 25.0 Å². The molecule has 4 aromatic rings. The third-order valence-corrected chi connectivity index (χ3v) is 6.90. The van der Waals surface area contributed by atoms with Crippen molar-refractivity contribution < 1.29 is 12.8 Å². The standard InChI is InChI=1S/C23H23ClN6O3S/c1-23(2,34(31)32)15-8-9-16(17(24)10-15)18-12-27-20(25)19(28-18)22-30-29-21(33-22)14-6-4-13(5-7-14)11-26-3/h4-10,12,26,34H,11H2,1-3H3,(H2,25,27). The van der Waals surface area contributed by atoms with Gasteiger partial charge in [0.05, 0.1) is 21.7 Å². The molecule has 9 nitrogen and oxygen atoms in total. The Kier molecular flexibility index (Phi) is 6.65. The Morgan fingerprint density at radius 1 is 1.09 bits per heavy atom. The van der Waals surface area contributed by atoms with Gasteiger partial charge in [-0.25, -0.2) is 18.4 Å². The zero-order chi connectivity index (χ0) is 24.5. The van der Waals surface area contributed by atoms with Crippen molar-refractivity contribution in [2.45, 2.75) is 25.1 Å². The van der Waals surface area contributed by atoms with Crippen molar-refractivity contribution in [3.8, 4) is 34.3 Å². The molecule has 0 radical (unpaired) electrons. The molecule has 2 aromatic carbocycles. The summed E-state index contributed by atoms with van der Waals surface area (Å²) in [7, 11) is -0.807. The summed E-state index contributed by atoms with van der Waals surface area (Å²) in [6.07, 6.45) is 1.48. The Hall–Kier alpha value is -3.34. The van der Waals surface area contributed by atoms with E-state index in [1.165, 1.54) is 6.20 Å². The molecule has 0 fully saturated rings. The molecule has 0 bridgehead atoms. The highest BCUT2D eigenvalue weighted by molar-refractivity contribution is 7.73. The SMILES string of the molecule is CNCc1ccc(-c2nnc(-c3nc(-c4ccc(C(C)(C)[SH](=O)=O)cc4Cl)cnc3N)o2)cc1. The fourth-order valence-corrected chi connectivity index (χ4v) is 3.93. The van der Waals surface area contributed by atoms with Gasteiger partial charge in [0.15, 0.2) is 11.5 Å². The molecule has 11 heteroatoms. The molecule has 3 N–H and O–H groups in total. The largest absolute Gasteiger partial charge is 0.414 e. The van der Waals surface area contributed by atoms with Gasteiger partial charge in [-0.1, -0.05) is 35.9 Å². The monoisotopic (exact) mass is 498 g/mol. The lowest BCUT2D eigenvalue weighted by Gasteiger charge is -2.18. The highest BCUT2D eigenvalue weighted by Crippen LogP contribution is 2.34. The molecular formula is C23H23ClN6O3S. The van der Waals surface area contributed by atoms with E-state index in [1.54, 1.807) is 32.0 Å². The molecule has 0 saturated heterocycles. The van der Waals surface area contributed by atoms with Crippen LogP contribution in [0.3, 0.4) is 0 Å². The molecule has 2 aromatic heterocycles. The van der Waals surface area contributed by atoms with Crippen molar-refractivity contribution in [2.24, 2.45) is 0 Å². The smallest absolute Gasteiger partial charge is 0.270 e. The van der Waals surface area contributed by atoms with E-state index in [0.717, 1.165) is 17.7 Å². The molecule has 0 spiro atoms. The Balaban J connectivity index is 1.67. The van der Waals surface area contributed by atoms with Gasteiger partial charge in [0.1, 0.15) is 10.7 Å². The summed E-state index contributed by atoms with van der Waals surface area (Å²) in [6, 6.07) is 12.8. The first-order chi connectivity index (χ1) is 16.2. The van der Waals surface area contributed by atoms with E-state index in [4.69, 9.17) is 21.8 Å². The molecule has 4 rings (SSSR count). The fourth-order valence-electron chi connectivity index (χ4n) is 3.30. The minimum Gasteiger partial charge on any atom is -0.414 e. The second-order valence-corrected chi connectivity index (χ2v) is 10.2. The van der Waals surface area contributed by atoms with Crippen LogP contribution in [0.5, 0.6) is 0 Å². The minimum absolute atomic E-state index is 0.123. The molecule has 0 saturated carbocycles. The number of hydrogen-bond acceptors (Lipinski definition) is 9. The van der Waals surface area contributed by atoms with Crippen molar-refractivity contribution in [3.05, 3.63) is 64.8 Å². The normalized spacial score (nSPS) is 11.8. The fraction of sp³-hybridized carbons (Fsp3) is 0.217. The molecule has 0 aliphatic heterocycles. The number of aromatic nitrogens is 4. The number of nitrogens with zero attached hydrogens (tertiary/aromatic N) is 4. The third-order valence-electron chi connectivity index (χ3n) is 5.42. The molecule has 0 aliphatic rings. The number of thiol groups is 1. The number of nitrogens with one attached hydrogen (secondary N) is 1. The van der Waals surface area contributed by atoms with Crippen molar-refractivity contribution in [2.75, 3.05) is 12.8 Å². The number of benzene rings is 2. The molecule has 0 amide bonds. The zero-order valence-electron chi connectivity index (χ0n) is 18.7. The number of nitrogen functional groups attached to an aromatic ring is 1. The van der Waals surface area contributed by atoms with Gasteiger partial charge < -0.3 is 15.5 Å². The minimum atomic E-state index is -2.69. The van der Waals surface area contributed by atoms with Crippen LogP contribution >= 0.6 is 11.6 Å². The van der Waals surface area contributed by atoms with Gasteiger partial charge >= 0.3 is 0 Å². The topological polar surface area (TPSA) is 137 Å². The molecular weight excluding hydrogens is 476 g/mol. The van der Waals surface area contributed by atoms with Gasteiger partial charge in [-0.2, -0.15) is 0 Å². The summed E-state index contributed by atoms with van der Waals surface area (Å²) in [5.41, 5.74) is 9.73. The summed E-state index contributed by atoms with van der Waals surface area (Å²) < 4.78 is 28.0. The van der Waals surface area contributed by atoms with Gasteiger partial charge in [-0.3, -0.25) is 0 Å². The van der Waals surface area contributed by atoms with Gasteiger partial charge in [0.2, 0.25) is 5.89 Å². The van der Waals surface area contributed by atoms with E-state index in [2.05, 4.69) is 25.5 Å². The molecule has 0 unspecified atom stereocenters. The maximum atomic E-state index is 11.6. The number of hydrogen-bond donors (Lipinski definition) is 3. The molecule has 0 atom stereocenters. The average Bonchev–Trinajstić information content (AvgIpc) is 3.30. The Morgan fingerprint density at radius 2 is 1.79 bits per heavy atom. The predicted molar refractivity (Wildman–Crippen MR) is 132 cm³/mol. The van der Waals surface area contributed by atoms with Crippen LogP contribution in [0.2, 0.25) is 5.02 Å². The first-order valence-electron chi connectivity index (χ1n) is 10.4. The van der Waals surface area contributed by atoms with Crippen molar-refractivity contribution in [1.29, 1.82) is 0 Å². The van der Waals surface area contributed by atoms with E-state index >= 15 is 0 Å². The molecule has 2 heterocycles. The first-order valence-corrected chi connectivity index (χ1v) is 11.9. The van der Waals surface area contributed by atoms with Crippen LogP contribution in [0.25, 0.3) is 34.3 Å². The van der Waals surface area contributed by atoms with Crippen LogP contribution in [-0.2, 0) is 22.0 Å². The predicted octanol–water partition coefficient (Wildman–Crippen LogP) is 3.66. The Bertz CT molecular complexity index is 1410. The van der Waals surface area contributed by atoms with Gasteiger partial charge in [-0.15, -0.1) is 10.2 Å². The summed E-state index contributed by atoms with van der Waals surface area (Å²) in [5.74, 6) is 0.577. The van der Waals surface area contributed by atoms with Crippen LogP contribution in [0.15, 0.2) is 53.1 Å². The van der Waals surface area contributed by atoms with E-state index in [-0.39, 0.29) is 17.4 Å². The quantitative estimate of drug-likeness (QED) is 0.326. The van der Waals surface area contributed by atoms with E-state index in [0.29, 0.717) is 27.7 Å². The lowest BCUT2D eigenvalue weighted by atomic mass is 10.00. The highest BCUT2D eigenvalue weighted by atomic mass is 35.5. The summed E-state index contributed by atoms with van der Waals surface area (Å²) in [6.45, 7) is 3.99. The second-order valence-electron chi connectivity index (χ2n) is 8.14. The Labute approximate surface area is 203 Å². The number of rotatable bonds is 7. The van der Waals surface area contributed by atoms with Crippen LogP contribution < -0.4 is 11.1 Å². The Morgan fingerprint density at radius 3 is 2.44 bits per heavy atom. The molecule has 0 aliphatic carbocycles. The van der Waals surface area contributed by atoms with Gasteiger partial charge in [0, 0.05) is 17.7 Å². The summed E-state index contributed by atoms with van der Waals surface area (Å²) >= 11 is 6.48.